The Labute approximate surface area is 130 Å². The summed E-state index contributed by atoms with van der Waals surface area (Å²) in [6.07, 6.45) is 1.37. The summed E-state index contributed by atoms with van der Waals surface area (Å²) < 4.78 is 55.4. The Hall–Kier alpha value is -1.55. The van der Waals surface area contributed by atoms with Crippen molar-refractivity contribution in [2.45, 2.75) is 12.8 Å². The maximum atomic E-state index is 14.7. The number of nitrogens with zero attached hydrogens (tertiary/aromatic N) is 2. The molecule has 4 rings (SSSR count). The topological polar surface area (TPSA) is 75.8 Å². The molecule has 120 valence electrons. The summed E-state index contributed by atoms with van der Waals surface area (Å²) in [4.78, 5) is 0. The Morgan fingerprint density at radius 3 is 1.48 bits per heavy atom. The van der Waals surface area contributed by atoms with Crippen LogP contribution >= 0.6 is 0 Å². The third kappa shape index (κ3) is 2.53. The summed E-state index contributed by atoms with van der Waals surface area (Å²) in [6, 6.07) is 0. The second kappa shape index (κ2) is 6.16. The van der Waals surface area contributed by atoms with E-state index in [9.17, 15) is 8.78 Å². The molecular weight excluding hydrogens is 312 g/mol. The number of aromatic nitrogens is 2. The molecule has 0 N–H and O–H groups in total. The fourth-order valence-corrected chi connectivity index (χ4v) is 2.73. The normalized spacial score (nSPS) is 19.6. The van der Waals surface area contributed by atoms with E-state index in [1.807, 2.05) is 0 Å². The summed E-state index contributed by atoms with van der Waals surface area (Å²) >= 11 is 0. The zero-order chi connectivity index (χ0) is 15.8. The van der Waals surface area contributed by atoms with Gasteiger partial charge in [-0.15, -0.1) is 0 Å². The van der Waals surface area contributed by atoms with Gasteiger partial charge >= 0.3 is 14.2 Å². The van der Waals surface area contributed by atoms with Crippen LogP contribution in [0.5, 0.6) is 0 Å². The minimum atomic E-state index is -1.12. The highest BCUT2D eigenvalue weighted by atomic mass is 19.2. The van der Waals surface area contributed by atoms with Gasteiger partial charge in [-0.1, -0.05) is 10.3 Å². The highest BCUT2D eigenvalue weighted by Gasteiger charge is 2.40. The van der Waals surface area contributed by atoms with E-state index < -0.39 is 25.9 Å². The van der Waals surface area contributed by atoms with Crippen LogP contribution in [0, 0.1) is 11.6 Å². The lowest BCUT2D eigenvalue weighted by molar-refractivity contribution is 0.142. The number of fused-ring (bicyclic) bond motifs is 1. The fourth-order valence-electron chi connectivity index (χ4n) is 2.73. The molecule has 0 amide bonds. The first-order valence-corrected chi connectivity index (χ1v) is 7.37. The van der Waals surface area contributed by atoms with Crippen LogP contribution in [0.1, 0.15) is 12.8 Å². The van der Waals surface area contributed by atoms with Crippen LogP contribution in [-0.2, 0) is 18.6 Å². The first-order chi connectivity index (χ1) is 11.3. The second-order valence-corrected chi connectivity index (χ2v) is 5.27. The van der Waals surface area contributed by atoms with Crippen molar-refractivity contribution in [2.24, 2.45) is 0 Å². The van der Waals surface area contributed by atoms with Gasteiger partial charge in [0.05, 0.1) is 10.9 Å². The van der Waals surface area contributed by atoms with E-state index in [1.165, 1.54) is 0 Å². The minimum Gasteiger partial charge on any atom is -0.407 e. The molecule has 2 saturated heterocycles. The van der Waals surface area contributed by atoms with Gasteiger partial charge in [-0.05, 0) is 12.8 Å². The molecule has 3 heterocycles. The summed E-state index contributed by atoms with van der Waals surface area (Å²) in [5.41, 5.74) is -0.219. The van der Waals surface area contributed by atoms with E-state index in [4.69, 9.17) is 18.6 Å². The van der Waals surface area contributed by atoms with Crippen LogP contribution < -0.4 is 10.9 Å². The molecule has 2 aliphatic rings. The first kappa shape index (κ1) is 15.0. The number of hydrogen-bond acceptors (Lipinski definition) is 7. The third-order valence-corrected chi connectivity index (χ3v) is 3.79. The largest absolute Gasteiger partial charge is 0.499 e. The average Bonchev–Trinajstić information content (AvgIpc) is 3.06. The van der Waals surface area contributed by atoms with Gasteiger partial charge in [0, 0.05) is 26.4 Å². The van der Waals surface area contributed by atoms with Gasteiger partial charge in [0.2, 0.25) is 0 Å². The Kier molecular flexibility index (Phi) is 4.02. The van der Waals surface area contributed by atoms with Gasteiger partial charge in [0.15, 0.2) is 11.6 Å². The number of halogens is 2. The van der Waals surface area contributed by atoms with Crippen LogP contribution in [0.15, 0.2) is 4.63 Å². The van der Waals surface area contributed by atoms with Crippen molar-refractivity contribution in [1.82, 2.24) is 10.3 Å². The highest BCUT2D eigenvalue weighted by Crippen LogP contribution is 2.17. The molecule has 0 bridgehead atoms. The van der Waals surface area contributed by atoms with E-state index in [0.717, 1.165) is 0 Å². The van der Waals surface area contributed by atoms with Gasteiger partial charge in [-0.3, -0.25) is 0 Å². The maximum absolute atomic E-state index is 14.7. The molecule has 1 aromatic heterocycles. The van der Waals surface area contributed by atoms with Crippen molar-refractivity contribution in [2.75, 3.05) is 26.4 Å². The lowest BCUT2D eigenvalue weighted by Crippen LogP contribution is -2.48. The molecule has 0 radical (unpaired) electrons. The molecular formula is C12H12B2F2N2O5. The SMILES string of the molecule is Fc1c(F)c(B2OCCCO2)c2nonc2c1B1OCCCO1. The van der Waals surface area contributed by atoms with Gasteiger partial charge in [0.25, 0.3) is 0 Å². The smallest absolute Gasteiger partial charge is 0.407 e. The van der Waals surface area contributed by atoms with E-state index in [1.54, 1.807) is 0 Å². The predicted molar refractivity (Wildman–Crippen MR) is 75.5 cm³/mol. The molecule has 11 heteroatoms. The van der Waals surface area contributed by atoms with Gasteiger partial charge < -0.3 is 18.6 Å². The first-order valence-electron chi connectivity index (χ1n) is 7.37. The van der Waals surface area contributed by atoms with Gasteiger partial charge in [-0.2, -0.15) is 0 Å². The van der Waals surface area contributed by atoms with E-state index in [0.29, 0.717) is 39.3 Å². The van der Waals surface area contributed by atoms with E-state index in [-0.39, 0.29) is 22.0 Å². The monoisotopic (exact) mass is 324 g/mol. The zero-order valence-electron chi connectivity index (χ0n) is 12.1. The fraction of sp³-hybridized carbons (Fsp3) is 0.500. The van der Waals surface area contributed by atoms with Crippen molar-refractivity contribution < 1.29 is 32.0 Å². The number of rotatable bonds is 2. The number of benzene rings is 1. The molecule has 2 fully saturated rings. The van der Waals surface area contributed by atoms with Crippen LogP contribution in [0.25, 0.3) is 11.0 Å². The average molecular weight is 324 g/mol. The standard InChI is InChI=1S/C12H12B2F2N2O5/c15-9-7(13-19-3-1-4-20-13)11-12(18-23-17-11)8(10(9)16)14-21-5-2-6-22-14/h1-6H2. The van der Waals surface area contributed by atoms with Gasteiger partial charge in [0.1, 0.15) is 11.0 Å². The maximum Gasteiger partial charge on any atom is 0.499 e. The third-order valence-electron chi connectivity index (χ3n) is 3.79. The molecule has 0 atom stereocenters. The Morgan fingerprint density at radius 2 is 1.09 bits per heavy atom. The van der Waals surface area contributed by atoms with Crippen LogP contribution in [0.4, 0.5) is 8.78 Å². The summed E-state index contributed by atoms with van der Waals surface area (Å²) in [7, 11) is -2.09. The quantitative estimate of drug-likeness (QED) is 0.706. The van der Waals surface area contributed by atoms with Crippen molar-refractivity contribution in [1.29, 1.82) is 0 Å². The van der Waals surface area contributed by atoms with Crippen molar-refractivity contribution >= 4 is 36.2 Å². The summed E-state index contributed by atoms with van der Waals surface area (Å²) in [5, 5.41) is 7.37. The Balaban J connectivity index is 1.86. The zero-order valence-corrected chi connectivity index (χ0v) is 12.1. The predicted octanol–water partition coefficient (Wildman–Crippen LogP) is -0.235. The summed E-state index contributed by atoms with van der Waals surface area (Å²) in [5.74, 6) is -2.24. The highest BCUT2D eigenvalue weighted by molar-refractivity contribution is 6.68. The van der Waals surface area contributed by atoms with E-state index >= 15 is 0 Å². The lowest BCUT2D eigenvalue weighted by atomic mass is 9.70. The molecule has 0 saturated carbocycles. The van der Waals surface area contributed by atoms with Crippen molar-refractivity contribution in [3.05, 3.63) is 11.6 Å². The molecule has 0 aliphatic carbocycles. The molecule has 0 unspecified atom stereocenters. The van der Waals surface area contributed by atoms with Crippen LogP contribution in [0.3, 0.4) is 0 Å². The number of hydrogen-bond donors (Lipinski definition) is 0. The summed E-state index contributed by atoms with van der Waals surface area (Å²) in [6.45, 7) is 1.54. The van der Waals surface area contributed by atoms with Crippen molar-refractivity contribution in [3.8, 4) is 0 Å². The minimum absolute atomic E-state index is 0.0450. The van der Waals surface area contributed by atoms with Gasteiger partial charge in [-0.25, -0.2) is 13.4 Å². The van der Waals surface area contributed by atoms with Crippen molar-refractivity contribution in [3.63, 3.8) is 0 Å². The van der Waals surface area contributed by atoms with Crippen LogP contribution in [0.2, 0.25) is 0 Å². The Morgan fingerprint density at radius 1 is 0.696 bits per heavy atom. The Bertz CT molecular complexity index is 661. The van der Waals surface area contributed by atoms with E-state index in [2.05, 4.69) is 14.9 Å². The molecule has 0 spiro atoms. The lowest BCUT2D eigenvalue weighted by Gasteiger charge is -2.23. The second-order valence-electron chi connectivity index (χ2n) is 5.27. The molecule has 23 heavy (non-hydrogen) atoms. The molecule has 2 aromatic rings. The molecule has 1 aromatic carbocycles. The molecule has 2 aliphatic heterocycles. The molecule has 7 nitrogen and oxygen atoms in total. The van der Waals surface area contributed by atoms with Crippen LogP contribution in [-0.4, -0.2) is 51.0 Å².